The van der Waals surface area contributed by atoms with Crippen LogP contribution >= 0.6 is 11.5 Å². The van der Waals surface area contributed by atoms with Crippen molar-refractivity contribution in [1.29, 1.82) is 0 Å². The fourth-order valence-electron chi connectivity index (χ4n) is 2.37. The highest BCUT2D eigenvalue weighted by molar-refractivity contribution is 7.10. The third-order valence-corrected chi connectivity index (χ3v) is 4.15. The van der Waals surface area contributed by atoms with Crippen LogP contribution < -0.4 is 5.32 Å². The average Bonchev–Trinajstić information content (AvgIpc) is 2.84. The van der Waals surface area contributed by atoms with Crippen LogP contribution in [0.25, 0.3) is 0 Å². The van der Waals surface area contributed by atoms with Crippen LogP contribution in [0.3, 0.4) is 0 Å². The van der Waals surface area contributed by atoms with E-state index in [1.54, 1.807) is 0 Å². The Balaban J connectivity index is 1.80. The van der Waals surface area contributed by atoms with Crippen LogP contribution in [0.4, 0.5) is 5.00 Å². The predicted molar refractivity (Wildman–Crippen MR) is 78.6 cm³/mol. The third kappa shape index (κ3) is 4.71. The second-order valence-corrected chi connectivity index (χ2v) is 5.98. The summed E-state index contributed by atoms with van der Waals surface area (Å²) in [5.74, 6) is 0.761. The molecule has 1 aliphatic heterocycles. The van der Waals surface area contributed by atoms with Gasteiger partial charge in [-0.3, -0.25) is 0 Å². The van der Waals surface area contributed by atoms with Gasteiger partial charge in [-0.15, -0.1) is 5.10 Å². The first kappa shape index (κ1) is 14.7. The predicted octanol–water partition coefficient (Wildman–Crippen LogP) is 2.22. The Morgan fingerprint density at radius 3 is 2.95 bits per heavy atom. The Bertz CT molecular complexity index is 365. The maximum atomic E-state index is 5.40. The minimum Gasteiger partial charge on any atom is -0.381 e. The lowest BCUT2D eigenvalue weighted by Gasteiger charge is -2.26. The van der Waals surface area contributed by atoms with Crippen molar-refractivity contribution in [3.8, 4) is 0 Å². The Hall–Kier alpha value is -0.720. The number of hydrogen-bond donors (Lipinski definition) is 1. The van der Waals surface area contributed by atoms with Gasteiger partial charge in [0.05, 0.1) is 0 Å². The number of aromatic nitrogens is 2. The molecule has 1 N–H and O–H groups in total. The van der Waals surface area contributed by atoms with E-state index in [1.165, 1.54) is 24.4 Å². The van der Waals surface area contributed by atoms with Gasteiger partial charge in [-0.2, -0.15) is 0 Å². The number of ether oxygens (including phenoxy) is 1. The van der Waals surface area contributed by atoms with E-state index in [2.05, 4.69) is 33.8 Å². The molecule has 19 heavy (non-hydrogen) atoms. The molecule has 2 rings (SSSR count). The summed E-state index contributed by atoms with van der Waals surface area (Å²) in [6, 6.07) is 0. The number of anilines is 1. The van der Waals surface area contributed by atoms with E-state index in [9.17, 15) is 0 Å². The van der Waals surface area contributed by atoms with Crippen molar-refractivity contribution in [2.45, 2.75) is 32.7 Å². The molecule has 0 saturated carbocycles. The van der Waals surface area contributed by atoms with Gasteiger partial charge < -0.3 is 15.0 Å². The van der Waals surface area contributed by atoms with E-state index in [-0.39, 0.29) is 0 Å². The van der Waals surface area contributed by atoms with Crippen molar-refractivity contribution in [2.24, 2.45) is 5.92 Å². The van der Waals surface area contributed by atoms with Crippen LogP contribution in [0.15, 0.2) is 0 Å². The molecular weight excluding hydrogens is 260 g/mol. The standard InChI is InChI=1S/C13H24N4OS/c1-3-6-14-13-12(15-16-19-13)10-17(2)9-11-4-7-18-8-5-11/h11,14H,3-10H2,1-2H3. The molecule has 0 radical (unpaired) electrons. The van der Waals surface area contributed by atoms with E-state index in [1.807, 2.05) is 0 Å². The third-order valence-electron chi connectivity index (χ3n) is 3.42. The molecular formula is C13H24N4OS. The highest BCUT2D eigenvalue weighted by Gasteiger charge is 2.17. The number of nitrogens with one attached hydrogen (secondary N) is 1. The minimum atomic E-state index is 0.761. The summed E-state index contributed by atoms with van der Waals surface area (Å²) in [4.78, 5) is 2.35. The lowest BCUT2D eigenvalue weighted by atomic mass is 10.00. The van der Waals surface area contributed by atoms with Gasteiger partial charge in [0.15, 0.2) is 0 Å². The zero-order chi connectivity index (χ0) is 13.5. The molecule has 1 aromatic heterocycles. The van der Waals surface area contributed by atoms with Crippen molar-refractivity contribution < 1.29 is 4.74 Å². The van der Waals surface area contributed by atoms with Gasteiger partial charge in [0.1, 0.15) is 10.7 Å². The van der Waals surface area contributed by atoms with Crippen molar-refractivity contribution in [3.63, 3.8) is 0 Å². The van der Waals surface area contributed by atoms with Gasteiger partial charge in [-0.05, 0) is 32.2 Å². The largest absolute Gasteiger partial charge is 0.381 e. The van der Waals surface area contributed by atoms with E-state index in [4.69, 9.17) is 4.74 Å². The number of rotatable bonds is 7. The molecule has 6 heteroatoms. The van der Waals surface area contributed by atoms with Crippen LogP contribution in [-0.2, 0) is 11.3 Å². The summed E-state index contributed by atoms with van der Waals surface area (Å²) >= 11 is 1.46. The van der Waals surface area contributed by atoms with Gasteiger partial charge in [-0.1, -0.05) is 11.4 Å². The van der Waals surface area contributed by atoms with Crippen molar-refractivity contribution >= 4 is 16.5 Å². The fraction of sp³-hybridized carbons (Fsp3) is 0.846. The lowest BCUT2D eigenvalue weighted by Crippen LogP contribution is -2.29. The summed E-state index contributed by atoms with van der Waals surface area (Å²) in [7, 11) is 2.17. The molecule has 2 heterocycles. The molecule has 1 fully saturated rings. The summed E-state index contributed by atoms with van der Waals surface area (Å²) in [6.45, 7) is 6.98. The Morgan fingerprint density at radius 1 is 1.42 bits per heavy atom. The molecule has 1 aliphatic rings. The average molecular weight is 284 g/mol. The summed E-state index contributed by atoms with van der Waals surface area (Å²) in [5.41, 5.74) is 1.08. The van der Waals surface area contributed by atoms with E-state index in [0.717, 1.165) is 55.9 Å². The molecule has 0 aliphatic carbocycles. The fourth-order valence-corrected chi connectivity index (χ4v) is 2.97. The quantitative estimate of drug-likeness (QED) is 0.832. The summed E-state index contributed by atoms with van der Waals surface area (Å²) in [5, 5.41) is 8.77. The molecule has 0 aromatic carbocycles. The van der Waals surface area contributed by atoms with Crippen LogP contribution in [0.1, 0.15) is 31.9 Å². The second kappa shape index (κ2) is 7.77. The first-order chi connectivity index (χ1) is 9.29. The van der Waals surface area contributed by atoms with Crippen LogP contribution in [0.5, 0.6) is 0 Å². The molecule has 0 amide bonds. The van der Waals surface area contributed by atoms with Gasteiger partial charge in [0.2, 0.25) is 0 Å². The molecule has 0 spiro atoms. The normalized spacial score (nSPS) is 17.0. The van der Waals surface area contributed by atoms with Gasteiger partial charge in [0, 0.05) is 44.4 Å². The van der Waals surface area contributed by atoms with Crippen LogP contribution in [-0.4, -0.2) is 47.8 Å². The van der Waals surface area contributed by atoms with Crippen LogP contribution in [0.2, 0.25) is 0 Å². The van der Waals surface area contributed by atoms with Crippen molar-refractivity contribution in [2.75, 3.05) is 38.7 Å². The van der Waals surface area contributed by atoms with E-state index >= 15 is 0 Å². The highest BCUT2D eigenvalue weighted by atomic mass is 32.1. The van der Waals surface area contributed by atoms with Gasteiger partial charge >= 0.3 is 0 Å². The Labute approximate surface area is 119 Å². The summed E-state index contributed by atoms with van der Waals surface area (Å²) in [6.07, 6.45) is 3.48. The van der Waals surface area contributed by atoms with Gasteiger partial charge in [0.25, 0.3) is 0 Å². The molecule has 5 nitrogen and oxygen atoms in total. The Kier molecular flexibility index (Phi) is 6.00. The molecule has 0 atom stereocenters. The minimum absolute atomic E-state index is 0.761. The smallest absolute Gasteiger partial charge is 0.134 e. The van der Waals surface area contributed by atoms with Crippen molar-refractivity contribution in [1.82, 2.24) is 14.5 Å². The zero-order valence-corrected chi connectivity index (χ0v) is 12.7. The number of hydrogen-bond acceptors (Lipinski definition) is 6. The number of nitrogens with zero attached hydrogens (tertiary/aromatic N) is 3. The molecule has 0 unspecified atom stereocenters. The van der Waals surface area contributed by atoms with Crippen LogP contribution in [0, 0.1) is 5.92 Å². The first-order valence-corrected chi connectivity index (χ1v) is 7.88. The maximum absolute atomic E-state index is 5.40. The lowest BCUT2D eigenvalue weighted by molar-refractivity contribution is 0.0548. The topological polar surface area (TPSA) is 50.3 Å². The van der Waals surface area contributed by atoms with E-state index in [0.29, 0.717) is 0 Å². The summed E-state index contributed by atoms with van der Waals surface area (Å²) < 4.78 is 9.46. The molecule has 1 aromatic rings. The zero-order valence-electron chi connectivity index (χ0n) is 11.9. The first-order valence-electron chi connectivity index (χ1n) is 7.11. The SMILES string of the molecule is CCCNc1snnc1CN(C)CC1CCOCC1. The maximum Gasteiger partial charge on any atom is 0.134 e. The van der Waals surface area contributed by atoms with Gasteiger partial charge in [-0.25, -0.2) is 0 Å². The molecule has 108 valence electrons. The Morgan fingerprint density at radius 2 is 2.21 bits per heavy atom. The van der Waals surface area contributed by atoms with E-state index < -0.39 is 0 Å². The molecule has 1 saturated heterocycles. The molecule has 0 bridgehead atoms. The monoisotopic (exact) mass is 284 g/mol. The van der Waals surface area contributed by atoms with Crippen molar-refractivity contribution in [3.05, 3.63) is 5.69 Å². The highest BCUT2D eigenvalue weighted by Crippen LogP contribution is 2.21. The second-order valence-electron chi connectivity index (χ2n) is 5.23.